The Morgan fingerprint density at radius 1 is 0.293 bits per heavy atom. The Labute approximate surface area is 590 Å². The fourth-order valence-electron chi connectivity index (χ4n) is 19.8. The maximum atomic E-state index is 7.64. The summed E-state index contributed by atoms with van der Waals surface area (Å²) in [5, 5.41) is 5.02. The molecule has 4 aliphatic carbocycles. The smallest absolute Gasteiger partial charge is 0.144 e. The van der Waals surface area contributed by atoms with E-state index in [4.69, 9.17) is 8.83 Å². The summed E-state index contributed by atoms with van der Waals surface area (Å²) in [6.07, 6.45) is 29.8. The molecule has 0 fully saturated rings. The van der Waals surface area contributed by atoms with E-state index in [1.165, 1.54) is 258 Å². The van der Waals surface area contributed by atoms with Gasteiger partial charge in [-0.15, -0.1) is 0 Å². The lowest BCUT2D eigenvalue weighted by Gasteiger charge is -2.40. The van der Waals surface area contributed by atoms with Crippen molar-refractivity contribution in [1.29, 1.82) is 0 Å². The molecule has 0 bridgehead atoms. The minimum atomic E-state index is -0.295. The van der Waals surface area contributed by atoms with Crippen LogP contribution in [-0.2, 0) is 21.7 Å². The number of rotatable bonds is 28. The highest BCUT2D eigenvalue weighted by Gasteiger charge is 2.54. The van der Waals surface area contributed by atoms with E-state index in [2.05, 4.69) is 248 Å². The van der Waals surface area contributed by atoms with Crippen LogP contribution in [0, 0.1) is 0 Å². The van der Waals surface area contributed by atoms with Gasteiger partial charge in [-0.3, -0.25) is 0 Å². The van der Waals surface area contributed by atoms with Crippen LogP contribution in [0.1, 0.15) is 254 Å². The van der Waals surface area contributed by atoms with Crippen LogP contribution < -0.4 is 4.90 Å². The maximum absolute atomic E-state index is 7.64. The van der Waals surface area contributed by atoms with Crippen molar-refractivity contribution >= 4 is 60.9 Å². The fraction of sp³-hybridized carbons (Fsp3) is 0.375. The van der Waals surface area contributed by atoms with Gasteiger partial charge in [0.1, 0.15) is 22.3 Å². The fourth-order valence-corrected chi connectivity index (χ4v) is 19.8. The van der Waals surface area contributed by atoms with Crippen molar-refractivity contribution in [2.75, 3.05) is 4.90 Å². The third-order valence-electron chi connectivity index (χ3n) is 24.8. The first-order valence-electron chi connectivity index (χ1n) is 39.0. The summed E-state index contributed by atoms with van der Waals surface area (Å²) >= 11 is 0. The van der Waals surface area contributed by atoms with Crippen LogP contribution in [-0.4, -0.2) is 0 Å². The Morgan fingerprint density at radius 3 is 1.37 bits per heavy atom. The lowest BCUT2D eigenvalue weighted by atomic mass is 9.62. The highest BCUT2D eigenvalue weighted by molar-refractivity contribution is 6.21. The van der Waals surface area contributed by atoms with E-state index >= 15 is 0 Å². The highest BCUT2D eigenvalue weighted by Crippen LogP contribution is 2.68. The summed E-state index contributed by atoms with van der Waals surface area (Å²) < 4.78 is 14.2. The molecule has 0 radical (unpaired) electrons. The number of para-hydroxylation sites is 2. The minimum absolute atomic E-state index is 0.137. The summed E-state index contributed by atoms with van der Waals surface area (Å²) in [7, 11) is 0. The molecule has 0 atom stereocenters. The quantitative estimate of drug-likeness (QED) is 0.0458. The molecule has 4 aliphatic rings. The standard InChI is InChI=1S/C96H103NO2/c1-9-13-17-21-34-56-95(57-35-22-18-14-10-2)76-43-31-28-40-70(76)87-88-73-42-30-33-45-83(73)99-92(88)89-71-53-51-68(61-81(71)96(91(89)90(87)95,58-36-23-19-15-11-3)59-37-24-20-16-12-4)97(66-48-46-65(47-49-66)64-38-26-25-27-39-64)67-50-52-69-74-62-80-75(63-79(74)94(7,8)78(69)60-67)85-77(93(80,5)6)54-55-84-86(85)72-41-29-32-44-82(72)98-84/h25-33,38-55,60-63H,9-24,34-37,56-59H2,1-8H3. The van der Waals surface area contributed by atoms with Crippen LogP contribution in [0.3, 0.4) is 0 Å². The van der Waals surface area contributed by atoms with Gasteiger partial charge in [-0.1, -0.05) is 305 Å². The number of anilines is 3. The summed E-state index contributed by atoms with van der Waals surface area (Å²) in [6, 6.07) is 73.1. The highest BCUT2D eigenvalue weighted by atomic mass is 16.3. The molecule has 0 N–H and O–H groups in total. The van der Waals surface area contributed by atoms with Crippen LogP contribution in [0.15, 0.2) is 197 Å². The van der Waals surface area contributed by atoms with Gasteiger partial charge in [-0.05, 0) is 187 Å². The first-order valence-corrected chi connectivity index (χ1v) is 39.0. The summed E-state index contributed by atoms with van der Waals surface area (Å²) in [4.78, 5) is 2.64. The molecule has 3 heteroatoms. The Bertz CT molecular complexity index is 4960. The van der Waals surface area contributed by atoms with Crippen molar-refractivity contribution in [3.63, 3.8) is 0 Å². The lowest BCUT2D eigenvalue weighted by Crippen LogP contribution is -2.33. The number of hydrogen-bond acceptors (Lipinski definition) is 3. The molecule has 0 aliphatic heterocycles. The van der Waals surface area contributed by atoms with Gasteiger partial charge in [-0.2, -0.15) is 0 Å². The average Bonchev–Trinajstić information content (AvgIpc) is 1.50. The molecule has 2 aromatic heterocycles. The number of unbranched alkanes of at least 4 members (excludes halogenated alkanes) is 16. The predicted octanol–water partition coefficient (Wildman–Crippen LogP) is 29.2. The molecule has 0 amide bonds. The second kappa shape index (κ2) is 26.6. The summed E-state index contributed by atoms with van der Waals surface area (Å²) in [6.45, 7) is 19.3. The predicted molar refractivity (Wildman–Crippen MR) is 422 cm³/mol. The van der Waals surface area contributed by atoms with Crippen LogP contribution >= 0.6 is 0 Å². The van der Waals surface area contributed by atoms with Crippen LogP contribution in [0.4, 0.5) is 17.1 Å². The number of hydrogen-bond donors (Lipinski definition) is 0. The van der Waals surface area contributed by atoms with E-state index < -0.39 is 0 Å². The summed E-state index contributed by atoms with van der Waals surface area (Å²) in [5.74, 6) is 0. The van der Waals surface area contributed by atoms with Gasteiger partial charge < -0.3 is 13.7 Å². The molecule has 2 heterocycles. The Balaban J connectivity index is 0.921. The Kier molecular flexibility index (Phi) is 17.5. The van der Waals surface area contributed by atoms with Gasteiger partial charge >= 0.3 is 0 Å². The molecule has 0 spiro atoms. The van der Waals surface area contributed by atoms with Crippen molar-refractivity contribution < 1.29 is 8.83 Å². The van der Waals surface area contributed by atoms with E-state index in [-0.39, 0.29) is 21.7 Å². The zero-order valence-corrected chi connectivity index (χ0v) is 60.6. The molecular weight excluding hydrogens is 1200 g/mol. The topological polar surface area (TPSA) is 29.5 Å². The van der Waals surface area contributed by atoms with Crippen molar-refractivity contribution in [2.24, 2.45) is 0 Å². The molecule has 16 rings (SSSR count). The van der Waals surface area contributed by atoms with Crippen molar-refractivity contribution in [3.05, 3.63) is 233 Å². The average molecular weight is 1300 g/mol. The monoisotopic (exact) mass is 1300 g/mol. The molecule has 0 unspecified atom stereocenters. The normalized spacial score (nSPS) is 15.2. The third kappa shape index (κ3) is 10.7. The molecule has 3 nitrogen and oxygen atoms in total. The molecule has 99 heavy (non-hydrogen) atoms. The van der Waals surface area contributed by atoms with Crippen LogP contribution in [0.25, 0.3) is 99.5 Å². The van der Waals surface area contributed by atoms with Crippen LogP contribution in [0.2, 0.25) is 0 Å². The maximum Gasteiger partial charge on any atom is 0.144 e. The minimum Gasteiger partial charge on any atom is -0.456 e. The lowest BCUT2D eigenvalue weighted by molar-refractivity contribution is 0.369. The SMILES string of the molecule is CCCCCCCC1(CCCCCCC)c2cc(N(c3ccc(-c4ccccc4)cc3)c3ccc4c(c3)C(C)(C)c3cc5c(cc3-4)C(C)(C)c3ccc4oc6ccccc6c4c3-5)ccc2-c2c1c1c(c3c2oc2ccccc23)-c2ccccc2C1(CCCCCCC)CCCCCCC. The zero-order chi connectivity index (χ0) is 67.6. The van der Waals surface area contributed by atoms with Crippen LogP contribution in [0.5, 0.6) is 0 Å². The van der Waals surface area contributed by atoms with E-state index in [0.29, 0.717) is 0 Å². The summed E-state index contributed by atoms with van der Waals surface area (Å²) in [5.41, 5.74) is 32.2. The molecule has 0 saturated carbocycles. The third-order valence-corrected chi connectivity index (χ3v) is 24.8. The Hall–Kier alpha value is -8.40. The molecule has 10 aromatic carbocycles. The van der Waals surface area contributed by atoms with Crippen molar-refractivity contribution in [1.82, 2.24) is 0 Å². The van der Waals surface area contributed by atoms with Crippen molar-refractivity contribution in [3.8, 4) is 55.6 Å². The van der Waals surface area contributed by atoms with Gasteiger partial charge in [0.2, 0.25) is 0 Å². The molecule has 0 saturated heterocycles. The van der Waals surface area contributed by atoms with Crippen molar-refractivity contribution in [2.45, 2.75) is 231 Å². The van der Waals surface area contributed by atoms with E-state index in [0.717, 1.165) is 40.9 Å². The number of benzene rings is 10. The first-order chi connectivity index (χ1) is 48.5. The second-order valence-corrected chi connectivity index (χ2v) is 31.5. The van der Waals surface area contributed by atoms with E-state index in [9.17, 15) is 0 Å². The Morgan fingerprint density at radius 2 is 0.747 bits per heavy atom. The molecule has 12 aromatic rings. The largest absolute Gasteiger partial charge is 0.456 e. The number of nitrogens with zero attached hydrogens (tertiary/aromatic N) is 1. The van der Waals surface area contributed by atoms with E-state index in [1.807, 2.05) is 0 Å². The zero-order valence-electron chi connectivity index (χ0n) is 60.6. The van der Waals surface area contributed by atoms with E-state index in [1.54, 1.807) is 16.7 Å². The van der Waals surface area contributed by atoms with Gasteiger partial charge in [-0.25, -0.2) is 0 Å². The first kappa shape index (κ1) is 65.2. The number of furan rings is 2. The number of fused-ring (bicyclic) bond motifs is 22. The van der Waals surface area contributed by atoms with Gasteiger partial charge in [0.15, 0.2) is 0 Å². The van der Waals surface area contributed by atoms with Gasteiger partial charge in [0, 0.05) is 65.8 Å². The van der Waals surface area contributed by atoms with Gasteiger partial charge in [0.25, 0.3) is 0 Å². The molecule has 504 valence electrons. The second-order valence-electron chi connectivity index (χ2n) is 31.5. The van der Waals surface area contributed by atoms with Gasteiger partial charge in [0.05, 0.1) is 0 Å². The molecular formula is C96H103NO2.